The van der Waals surface area contributed by atoms with Crippen LogP contribution in [0.3, 0.4) is 0 Å². The zero-order valence-electron chi connectivity index (χ0n) is 15.5. The lowest BCUT2D eigenvalue weighted by atomic mass is 9.71. The van der Waals surface area contributed by atoms with Gasteiger partial charge in [0.05, 0.1) is 6.61 Å². The molecule has 1 aromatic rings. The molecule has 0 aliphatic carbocycles. The number of hydrogen-bond acceptors (Lipinski definition) is 3. The van der Waals surface area contributed by atoms with E-state index in [-0.39, 0.29) is 11.1 Å². The van der Waals surface area contributed by atoms with E-state index in [0.717, 1.165) is 12.4 Å². The first-order valence-corrected chi connectivity index (χ1v) is 8.78. The molecule has 2 aliphatic rings. The van der Waals surface area contributed by atoms with Gasteiger partial charge < -0.3 is 9.47 Å². The molecule has 0 radical (unpaired) electrons. The summed E-state index contributed by atoms with van der Waals surface area (Å²) in [4.78, 5) is 2.54. The molecule has 2 saturated heterocycles. The Hall–Kier alpha value is -1.06. The molecule has 1 unspecified atom stereocenters. The number of epoxide rings is 1. The molecule has 2 aliphatic heterocycles. The zero-order valence-corrected chi connectivity index (χ0v) is 15.5. The highest BCUT2D eigenvalue weighted by atomic mass is 16.6. The van der Waals surface area contributed by atoms with Gasteiger partial charge >= 0.3 is 0 Å². The summed E-state index contributed by atoms with van der Waals surface area (Å²) >= 11 is 0. The maximum absolute atomic E-state index is 5.87. The first-order valence-electron chi connectivity index (χ1n) is 8.78. The van der Waals surface area contributed by atoms with E-state index in [4.69, 9.17) is 9.47 Å². The number of nitrogens with zero attached hydrogens (tertiary/aromatic N) is 1. The summed E-state index contributed by atoms with van der Waals surface area (Å²) in [6.07, 6.45) is 2.70. The lowest BCUT2D eigenvalue weighted by Crippen LogP contribution is -2.58. The molecule has 128 valence electrons. The molecule has 3 rings (SSSR count). The quantitative estimate of drug-likeness (QED) is 0.780. The third-order valence-corrected chi connectivity index (χ3v) is 5.81. The van der Waals surface area contributed by atoms with Crippen molar-refractivity contribution in [2.45, 2.75) is 70.6 Å². The zero-order chi connectivity index (χ0) is 16.8. The van der Waals surface area contributed by atoms with Gasteiger partial charge in [0.1, 0.15) is 18.5 Å². The van der Waals surface area contributed by atoms with Crippen LogP contribution in [0.4, 0.5) is 0 Å². The molecule has 0 spiro atoms. The van der Waals surface area contributed by atoms with Crippen molar-refractivity contribution < 1.29 is 9.47 Å². The number of aryl methyl sites for hydroxylation is 1. The largest absolute Gasteiger partial charge is 0.491 e. The van der Waals surface area contributed by atoms with Crippen molar-refractivity contribution in [3.8, 4) is 5.75 Å². The van der Waals surface area contributed by atoms with Gasteiger partial charge in [-0.15, -0.1) is 0 Å². The first kappa shape index (κ1) is 16.8. The standard InChI is InChI=1S/C20H31NO2/c1-14-9-15(7-8-18(14)23-13-17-12-22-17)16-10-19(2,3)21(6)20(4,5)11-16/h7-9,16-17H,10-13H2,1-6H3. The Morgan fingerprint density at radius 3 is 2.30 bits per heavy atom. The van der Waals surface area contributed by atoms with Crippen LogP contribution in [-0.2, 0) is 4.74 Å². The van der Waals surface area contributed by atoms with Gasteiger partial charge in [-0.05, 0) is 77.6 Å². The topological polar surface area (TPSA) is 25.0 Å². The van der Waals surface area contributed by atoms with Gasteiger partial charge in [-0.3, -0.25) is 4.90 Å². The molecule has 0 aromatic heterocycles. The van der Waals surface area contributed by atoms with E-state index in [2.05, 4.69) is 64.8 Å². The molecule has 3 nitrogen and oxygen atoms in total. The minimum Gasteiger partial charge on any atom is -0.491 e. The molecule has 0 saturated carbocycles. The SMILES string of the molecule is Cc1cc(C2CC(C)(C)N(C)C(C)(C)C2)ccc1OCC1CO1. The Kier molecular flexibility index (Phi) is 4.22. The summed E-state index contributed by atoms with van der Waals surface area (Å²) in [5.74, 6) is 1.60. The van der Waals surface area contributed by atoms with E-state index < -0.39 is 0 Å². The van der Waals surface area contributed by atoms with E-state index in [1.807, 2.05) is 0 Å². The highest BCUT2D eigenvalue weighted by Crippen LogP contribution is 2.45. The second kappa shape index (κ2) is 5.78. The van der Waals surface area contributed by atoms with Gasteiger partial charge in [0, 0.05) is 11.1 Å². The number of ether oxygens (including phenoxy) is 2. The van der Waals surface area contributed by atoms with E-state index >= 15 is 0 Å². The van der Waals surface area contributed by atoms with Crippen LogP contribution < -0.4 is 4.74 Å². The normalized spacial score (nSPS) is 27.0. The van der Waals surface area contributed by atoms with Gasteiger partial charge in [0.25, 0.3) is 0 Å². The molecule has 0 bridgehead atoms. The number of rotatable bonds is 4. The van der Waals surface area contributed by atoms with Crippen molar-refractivity contribution in [3.63, 3.8) is 0 Å². The molecule has 23 heavy (non-hydrogen) atoms. The van der Waals surface area contributed by atoms with Crippen molar-refractivity contribution >= 4 is 0 Å². The molecule has 3 heteroatoms. The van der Waals surface area contributed by atoms with Crippen LogP contribution in [-0.4, -0.2) is 42.3 Å². The lowest BCUT2D eigenvalue weighted by molar-refractivity contribution is -0.0128. The highest BCUT2D eigenvalue weighted by Gasteiger charge is 2.43. The van der Waals surface area contributed by atoms with Crippen LogP contribution in [0.15, 0.2) is 18.2 Å². The van der Waals surface area contributed by atoms with Crippen molar-refractivity contribution in [3.05, 3.63) is 29.3 Å². The van der Waals surface area contributed by atoms with E-state index in [9.17, 15) is 0 Å². The van der Waals surface area contributed by atoms with Crippen molar-refractivity contribution in [1.82, 2.24) is 4.90 Å². The molecular formula is C20H31NO2. The number of benzene rings is 1. The second-order valence-electron chi connectivity index (χ2n) is 8.58. The Morgan fingerprint density at radius 2 is 1.78 bits per heavy atom. The number of hydrogen-bond donors (Lipinski definition) is 0. The maximum atomic E-state index is 5.87. The molecule has 0 amide bonds. The van der Waals surface area contributed by atoms with Gasteiger partial charge in [0.15, 0.2) is 0 Å². The fourth-order valence-corrected chi connectivity index (χ4v) is 4.04. The van der Waals surface area contributed by atoms with E-state index in [1.54, 1.807) is 0 Å². The molecule has 0 N–H and O–H groups in total. The second-order valence-corrected chi connectivity index (χ2v) is 8.58. The molecule has 2 fully saturated rings. The number of piperidine rings is 1. The van der Waals surface area contributed by atoms with Crippen molar-refractivity contribution in [2.75, 3.05) is 20.3 Å². The Bertz CT molecular complexity index is 557. The fraction of sp³-hybridized carbons (Fsp3) is 0.700. The molecule has 1 atom stereocenters. The van der Waals surface area contributed by atoms with Crippen LogP contribution in [0.5, 0.6) is 5.75 Å². The first-order chi connectivity index (χ1) is 10.7. The lowest BCUT2D eigenvalue weighted by Gasteiger charge is -2.54. The average Bonchev–Trinajstić information content (AvgIpc) is 3.27. The third-order valence-electron chi connectivity index (χ3n) is 5.81. The Balaban J connectivity index is 1.76. The average molecular weight is 317 g/mol. The van der Waals surface area contributed by atoms with Gasteiger partial charge in [0.2, 0.25) is 0 Å². The summed E-state index contributed by atoms with van der Waals surface area (Å²) in [6.45, 7) is 13.1. The van der Waals surface area contributed by atoms with Crippen LogP contribution in [0, 0.1) is 6.92 Å². The third kappa shape index (κ3) is 3.56. The fourth-order valence-electron chi connectivity index (χ4n) is 4.04. The smallest absolute Gasteiger partial charge is 0.122 e. The van der Waals surface area contributed by atoms with E-state index in [1.165, 1.54) is 24.0 Å². The van der Waals surface area contributed by atoms with Gasteiger partial charge in [-0.25, -0.2) is 0 Å². The molecule has 1 aromatic carbocycles. The van der Waals surface area contributed by atoms with Crippen LogP contribution in [0.2, 0.25) is 0 Å². The predicted octanol–water partition coefficient (Wildman–Crippen LogP) is 4.14. The van der Waals surface area contributed by atoms with Crippen LogP contribution in [0.1, 0.15) is 57.6 Å². The van der Waals surface area contributed by atoms with Crippen molar-refractivity contribution in [2.24, 2.45) is 0 Å². The summed E-state index contributed by atoms with van der Waals surface area (Å²) in [6, 6.07) is 6.73. The Labute approximate surface area is 141 Å². The summed E-state index contributed by atoms with van der Waals surface area (Å²) in [5, 5.41) is 0. The highest BCUT2D eigenvalue weighted by molar-refractivity contribution is 5.38. The minimum absolute atomic E-state index is 0.221. The molecular weight excluding hydrogens is 286 g/mol. The van der Waals surface area contributed by atoms with Gasteiger partial charge in [-0.2, -0.15) is 0 Å². The number of likely N-dealkylation sites (tertiary alicyclic amines) is 1. The summed E-state index contributed by atoms with van der Waals surface area (Å²) in [7, 11) is 2.26. The summed E-state index contributed by atoms with van der Waals surface area (Å²) in [5.41, 5.74) is 3.13. The van der Waals surface area contributed by atoms with E-state index in [0.29, 0.717) is 18.6 Å². The Morgan fingerprint density at radius 1 is 1.17 bits per heavy atom. The van der Waals surface area contributed by atoms with Gasteiger partial charge in [-0.1, -0.05) is 12.1 Å². The summed E-state index contributed by atoms with van der Waals surface area (Å²) < 4.78 is 11.1. The van der Waals surface area contributed by atoms with Crippen LogP contribution in [0.25, 0.3) is 0 Å². The predicted molar refractivity (Wildman–Crippen MR) is 94.3 cm³/mol. The maximum Gasteiger partial charge on any atom is 0.122 e. The minimum atomic E-state index is 0.221. The monoisotopic (exact) mass is 317 g/mol. The van der Waals surface area contributed by atoms with Crippen molar-refractivity contribution in [1.29, 1.82) is 0 Å². The van der Waals surface area contributed by atoms with Crippen LogP contribution >= 0.6 is 0 Å². The molecule has 2 heterocycles.